The first-order valence-corrected chi connectivity index (χ1v) is 4.95. The van der Waals surface area contributed by atoms with E-state index in [1.807, 2.05) is 6.92 Å². The second kappa shape index (κ2) is 4.02. The van der Waals surface area contributed by atoms with Crippen LogP contribution in [-0.4, -0.2) is 20.9 Å². The summed E-state index contributed by atoms with van der Waals surface area (Å²) in [6.45, 7) is 2.15. The zero-order valence-corrected chi connectivity index (χ0v) is 9.23. The molecule has 16 heavy (non-hydrogen) atoms. The van der Waals surface area contributed by atoms with E-state index in [0.717, 1.165) is 5.69 Å². The number of carboxylic acids is 1. The van der Waals surface area contributed by atoms with E-state index < -0.39 is 5.97 Å². The van der Waals surface area contributed by atoms with Crippen LogP contribution in [0.15, 0.2) is 22.9 Å². The molecule has 2 aromatic rings. The third-order valence-corrected chi connectivity index (χ3v) is 2.68. The lowest BCUT2D eigenvalue weighted by Gasteiger charge is -2.02. The van der Waals surface area contributed by atoms with Crippen LogP contribution >= 0.6 is 11.6 Å². The van der Waals surface area contributed by atoms with Gasteiger partial charge in [0.05, 0.1) is 29.7 Å². The Balaban J connectivity index is 2.30. The molecule has 0 bridgehead atoms. The largest absolute Gasteiger partial charge is 0.475 e. The molecular formula is C10H9ClN2O3. The molecule has 2 heterocycles. The van der Waals surface area contributed by atoms with Gasteiger partial charge in [0.2, 0.25) is 5.76 Å². The van der Waals surface area contributed by atoms with Crippen LogP contribution in [0.25, 0.3) is 0 Å². The summed E-state index contributed by atoms with van der Waals surface area (Å²) < 4.78 is 6.50. The van der Waals surface area contributed by atoms with Crippen molar-refractivity contribution in [1.29, 1.82) is 0 Å². The molecule has 0 aromatic carbocycles. The third kappa shape index (κ3) is 1.81. The molecule has 0 saturated carbocycles. The highest BCUT2D eigenvalue weighted by atomic mass is 35.5. The monoisotopic (exact) mass is 240 g/mol. The molecule has 0 amide bonds. The van der Waals surface area contributed by atoms with Crippen LogP contribution in [0.1, 0.15) is 21.8 Å². The van der Waals surface area contributed by atoms with Crippen molar-refractivity contribution in [2.24, 2.45) is 0 Å². The fourth-order valence-electron chi connectivity index (χ4n) is 1.39. The zero-order chi connectivity index (χ0) is 11.7. The molecule has 0 spiro atoms. The van der Waals surface area contributed by atoms with Crippen LogP contribution in [0.2, 0.25) is 5.02 Å². The summed E-state index contributed by atoms with van der Waals surface area (Å²) in [7, 11) is 0. The summed E-state index contributed by atoms with van der Waals surface area (Å²) in [4.78, 5) is 10.8. The average Bonchev–Trinajstić information content (AvgIpc) is 2.80. The van der Waals surface area contributed by atoms with Crippen molar-refractivity contribution in [3.63, 3.8) is 0 Å². The van der Waals surface area contributed by atoms with Crippen LogP contribution in [0.3, 0.4) is 0 Å². The minimum atomic E-state index is -1.09. The minimum absolute atomic E-state index is 0.0639. The van der Waals surface area contributed by atoms with Crippen molar-refractivity contribution in [3.8, 4) is 0 Å². The van der Waals surface area contributed by atoms with Gasteiger partial charge in [0.25, 0.3) is 0 Å². The first-order valence-electron chi connectivity index (χ1n) is 4.57. The maximum absolute atomic E-state index is 10.8. The summed E-state index contributed by atoms with van der Waals surface area (Å²) in [5, 5.41) is 13.5. The minimum Gasteiger partial charge on any atom is -0.475 e. The normalized spacial score (nSPS) is 10.6. The fraction of sp³-hybridized carbons (Fsp3) is 0.200. The molecule has 0 unspecified atom stereocenters. The summed E-state index contributed by atoms with van der Waals surface area (Å²) in [6.07, 6.45) is 2.87. The number of furan rings is 1. The van der Waals surface area contributed by atoms with Crippen molar-refractivity contribution in [3.05, 3.63) is 40.6 Å². The van der Waals surface area contributed by atoms with Crippen LogP contribution in [0, 0.1) is 6.92 Å². The maximum atomic E-state index is 10.8. The molecule has 84 valence electrons. The van der Waals surface area contributed by atoms with E-state index in [1.54, 1.807) is 10.7 Å². The van der Waals surface area contributed by atoms with Gasteiger partial charge in [-0.25, -0.2) is 4.79 Å². The Morgan fingerprint density at radius 3 is 3.00 bits per heavy atom. The molecule has 5 nitrogen and oxygen atoms in total. The zero-order valence-electron chi connectivity index (χ0n) is 8.48. The average molecular weight is 241 g/mol. The smallest absolute Gasteiger partial charge is 0.372 e. The van der Waals surface area contributed by atoms with Crippen molar-refractivity contribution in [1.82, 2.24) is 9.78 Å². The van der Waals surface area contributed by atoms with E-state index >= 15 is 0 Å². The predicted molar refractivity (Wildman–Crippen MR) is 56.7 cm³/mol. The molecule has 0 saturated heterocycles. The molecule has 0 aliphatic carbocycles. The number of carboxylic acid groups (broad SMARTS) is 1. The van der Waals surface area contributed by atoms with Gasteiger partial charge in [-0.1, -0.05) is 11.6 Å². The number of carbonyl (C=O) groups is 1. The van der Waals surface area contributed by atoms with E-state index in [2.05, 4.69) is 5.10 Å². The second-order valence-corrected chi connectivity index (χ2v) is 3.72. The highest BCUT2D eigenvalue weighted by Crippen LogP contribution is 2.17. The second-order valence-electron chi connectivity index (χ2n) is 3.32. The standard InChI is InChI=1S/C10H9ClN2O3/c1-6-8(11)4-12-13(6)5-7-2-3-16-9(7)10(14)15/h2-4H,5H2,1H3,(H,14,15). The molecule has 0 radical (unpaired) electrons. The number of nitrogens with zero attached hydrogens (tertiary/aromatic N) is 2. The number of hydrogen-bond acceptors (Lipinski definition) is 3. The maximum Gasteiger partial charge on any atom is 0.372 e. The van der Waals surface area contributed by atoms with Gasteiger partial charge in [-0.2, -0.15) is 5.10 Å². The molecule has 0 aliphatic rings. The van der Waals surface area contributed by atoms with Gasteiger partial charge in [0.1, 0.15) is 0 Å². The highest BCUT2D eigenvalue weighted by Gasteiger charge is 2.15. The molecule has 6 heteroatoms. The lowest BCUT2D eigenvalue weighted by molar-refractivity contribution is 0.0660. The molecule has 1 N–H and O–H groups in total. The third-order valence-electron chi connectivity index (χ3n) is 2.30. The van der Waals surface area contributed by atoms with Crippen LogP contribution in [-0.2, 0) is 6.54 Å². The molecule has 2 rings (SSSR count). The van der Waals surface area contributed by atoms with Crippen LogP contribution in [0.5, 0.6) is 0 Å². The topological polar surface area (TPSA) is 68.3 Å². The molecular weight excluding hydrogens is 232 g/mol. The summed E-state index contributed by atoms with van der Waals surface area (Å²) in [6, 6.07) is 1.61. The summed E-state index contributed by atoms with van der Waals surface area (Å²) in [5.41, 5.74) is 1.36. The first-order chi connectivity index (χ1) is 7.59. The molecule has 0 atom stereocenters. The predicted octanol–water partition coefficient (Wildman–Crippen LogP) is 2.18. The van der Waals surface area contributed by atoms with Crippen LogP contribution in [0.4, 0.5) is 0 Å². The van der Waals surface area contributed by atoms with Gasteiger partial charge in [0.15, 0.2) is 0 Å². The summed E-state index contributed by atoms with van der Waals surface area (Å²) >= 11 is 5.85. The Bertz CT molecular complexity index is 530. The Morgan fingerprint density at radius 2 is 2.44 bits per heavy atom. The van der Waals surface area contributed by atoms with Gasteiger partial charge in [-0.15, -0.1) is 0 Å². The van der Waals surface area contributed by atoms with E-state index in [0.29, 0.717) is 17.1 Å². The van der Waals surface area contributed by atoms with Crippen molar-refractivity contribution >= 4 is 17.6 Å². The highest BCUT2D eigenvalue weighted by molar-refractivity contribution is 6.31. The van der Waals surface area contributed by atoms with Crippen molar-refractivity contribution < 1.29 is 14.3 Å². The Hall–Kier alpha value is -1.75. The first kappa shape index (κ1) is 10.8. The SMILES string of the molecule is Cc1c(Cl)cnn1Cc1ccoc1C(=O)O. The van der Waals surface area contributed by atoms with E-state index in [9.17, 15) is 4.79 Å². The Morgan fingerprint density at radius 1 is 1.69 bits per heavy atom. The number of rotatable bonds is 3. The number of aromatic carboxylic acids is 1. The van der Waals surface area contributed by atoms with Crippen LogP contribution < -0.4 is 0 Å². The lowest BCUT2D eigenvalue weighted by atomic mass is 10.2. The number of halogens is 1. The van der Waals surface area contributed by atoms with Gasteiger partial charge in [-0.05, 0) is 13.0 Å². The lowest BCUT2D eigenvalue weighted by Crippen LogP contribution is -2.07. The van der Waals surface area contributed by atoms with Crippen molar-refractivity contribution in [2.75, 3.05) is 0 Å². The van der Waals surface area contributed by atoms with E-state index in [4.69, 9.17) is 21.1 Å². The van der Waals surface area contributed by atoms with Crippen molar-refractivity contribution in [2.45, 2.75) is 13.5 Å². The summed E-state index contributed by atoms with van der Waals surface area (Å²) in [5.74, 6) is -1.15. The Labute approximate surface area is 96.2 Å². The Kier molecular flexibility index (Phi) is 2.70. The van der Waals surface area contributed by atoms with Gasteiger partial charge in [0, 0.05) is 5.56 Å². The number of hydrogen-bond donors (Lipinski definition) is 1. The quantitative estimate of drug-likeness (QED) is 0.893. The fourth-order valence-corrected chi connectivity index (χ4v) is 1.53. The molecule has 0 fully saturated rings. The van der Waals surface area contributed by atoms with Gasteiger partial charge >= 0.3 is 5.97 Å². The van der Waals surface area contributed by atoms with E-state index in [1.165, 1.54) is 12.5 Å². The van der Waals surface area contributed by atoms with Gasteiger partial charge < -0.3 is 9.52 Å². The van der Waals surface area contributed by atoms with E-state index in [-0.39, 0.29) is 5.76 Å². The molecule has 0 aliphatic heterocycles. The van der Waals surface area contributed by atoms with Gasteiger partial charge in [-0.3, -0.25) is 4.68 Å². The molecule has 2 aromatic heterocycles. The number of aromatic nitrogens is 2.